The van der Waals surface area contributed by atoms with E-state index >= 15 is 0 Å². The Morgan fingerprint density at radius 3 is 2.75 bits per heavy atom. The molecule has 1 aromatic carbocycles. The van der Waals surface area contributed by atoms with E-state index in [0.717, 1.165) is 21.0 Å². The minimum atomic E-state index is -0.0760. The lowest BCUT2D eigenvalue weighted by molar-refractivity contribution is 0.0941. The van der Waals surface area contributed by atoms with E-state index in [-0.39, 0.29) is 11.9 Å². The van der Waals surface area contributed by atoms with Gasteiger partial charge in [-0.1, -0.05) is 35.8 Å². The van der Waals surface area contributed by atoms with Crippen LogP contribution in [0.1, 0.15) is 36.9 Å². The van der Waals surface area contributed by atoms with E-state index in [9.17, 15) is 4.79 Å². The fraction of sp³-hybridized carbons (Fsp3) is 0.400. The zero-order valence-electron chi connectivity index (χ0n) is 11.9. The number of halogens is 1. The second-order valence-corrected chi connectivity index (χ2v) is 7.46. The Morgan fingerprint density at radius 2 is 2.10 bits per heavy atom. The first-order valence-electron chi connectivity index (χ1n) is 6.67. The molecule has 1 amide bonds. The van der Waals surface area contributed by atoms with Crippen molar-refractivity contribution in [3.8, 4) is 0 Å². The number of nitrogens with one attached hydrogen (secondary N) is 1. The van der Waals surface area contributed by atoms with Crippen molar-refractivity contribution in [3.05, 3.63) is 27.5 Å². The molecule has 0 aliphatic rings. The van der Waals surface area contributed by atoms with Crippen LogP contribution in [0.15, 0.2) is 22.7 Å². The lowest BCUT2D eigenvalue weighted by Gasteiger charge is -2.15. The van der Waals surface area contributed by atoms with E-state index < -0.39 is 0 Å². The average Bonchev–Trinajstić information content (AvgIpc) is 2.65. The van der Waals surface area contributed by atoms with E-state index in [2.05, 4.69) is 35.1 Å². The maximum Gasteiger partial charge on any atom is 0.263 e. The number of hydrogen-bond acceptors (Lipinski definition) is 3. The molecular formula is C15H19BrN2OS. The quantitative estimate of drug-likeness (QED) is 0.854. The number of carbonyl (C=O) groups excluding carboxylic acids is 1. The van der Waals surface area contributed by atoms with Gasteiger partial charge in [0.15, 0.2) is 0 Å². The molecule has 5 heteroatoms. The van der Waals surface area contributed by atoms with Gasteiger partial charge in [-0.05, 0) is 31.4 Å². The van der Waals surface area contributed by atoms with Crippen molar-refractivity contribution in [1.82, 2.24) is 5.32 Å². The summed E-state index contributed by atoms with van der Waals surface area (Å²) in [7, 11) is 0. The van der Waals surface area contributed by atoms with Gasteiger partial charge in [-0.3, -0.25) is 4.79 Å². The number of carbonyl (C=O) groups is 1. The van der Waals surface area contributed by atoms with Gasteiger partial charge in [0, 0.05) is 20.6 Å². The molecule has 1 unspecified atom stereocenters. The molecule has 3 nitrogen and oxygen atoms in total. The Hall–Kier alpha value is -1.07. The number of hydrogen-bond donors (Lipinski definition) is 2. The van der Waals surface area contributed by atoms with E-state index in [1.807, 2.05) is 25.1 Å². The molecular weight excluding hydrogens is 336 g/mol. The molecule has 20 heavy (non-hydrogen) atoms. The summed E-state index contributed by atoms with van der Waals surface area (Å²) in [5, 5.41) is 3.97. The number of benzene rings is 1. The molecule has 0 radical (unpaired) electrons. The van der Waals surface area contributed by atoms with Gasteiger partial charge in [-0.15, -0.1) is 11.3 Å². The lowest BCUT2D eigenvalue weighted by Crippen LogP contribution is -2.33. The van der Waals surface area contributed by atoms with E-state index in [0.29, 0.717) is 16.5 Å². The predicted molar refractivity (Wildman–Crippen MR) is 90.3 cm³/mol. The highest BCUT2D eigenvalue weighted by molar-refractivity contribution is 9.10. The van der Waals surface area contributed by atoms with Crippen LogP contribution in [0.2, 0.25) is 0 Å². The summed E-state index contributed by atoms with van der Waals surface area (Å²) in [6, 6.07) is 6.03. The van der Waals surface area contributed by atoms with Gasteiger partial charge in [0.2, 0.25) is 0 Å². The van der Waals surface area contributed by atoms with Gasteiger partial charge in [0.05, 0.1) is 5.69 Å². The van der Waals surface area contributed by atoms with Crippen LogP contribution >= 0.6 is 27.3 Å². The van der Waals surface area contributed by atoms with Crippen LogP contribution in [0.3, 0.4) is 0 Å². The molecule has 108 valence electrons. The van der Waals surface area contributed by atoms with Gasteiger partial charge in [-0.2, -0.15) is 0 Å². The summed E-state index contributed by atoms with van der Waals surface area (Å²) in [6.07, 6.45) is 0.960. The first-order chi connectivity index (χ1) is 9.38. The molecule has 2 rings (SSSR count). The van der Waals surface area contributed by atoms with Crippen LogP contribution in [-0.2, 0) is 0 Å². The number of nitrogen functional groups attached to an aromatic ring is 1. The van der Waals surface area contributed by atoms with Crippen LogP contribution < -0.4 is 11.1 Å². The molecule has 0 bridgehead atoms. The van der Waals surface area contributed by atoms with Gasteiger partial charge in [-0.25, -0.2) is 0 Å². The molecule has 2 aromatic rings. The Balaban J connectivity index is 2.24. The van der Waals surface area contributed by atoms with E-state index in [1.165, 1.54) is 11.3 Å². The summed E-state index contributed by atoms with van der Waals surface area (Å²) >= 11 is 4.88. The molecule has 1 aromatic heterocycles. The molecule has 0 fully saturated rings. The van der Waals surface area contributed by atoms with Crippen molar-refractivity contribution in [3.63, 3.8) is 0 Å². The summed E-state index contributed by atoms with van der Waals surface area (Å²) in [5.41, 5.74) is 6.68. The van der Waals surface area contributed by atoms with Crippen molar-refractivity contribution in [2.75, 3.05) is 5.73 Å². The third-order valence-corrected chi connectivity index (χ3v) is 4.76. The highest BCUT2D eigenvalue weighted by Gasteiger charge is 2.18. The molecule has 1 atom stereocenters. The number of nitrogens with two attached hydrogens (primary N) is 1. The molecule has 0 saturated carbocycles. The third-order valence-electron chi connectivity index (χ3n) is 3.10. The summed E-state index contributed by atoms with van der Waals surface area (Å²) < 4.78 is 2.02. The molecule has 0 aliphatic carbocycles. The molecule has 3 N–H and O–H groups in total. The van der Waals surface area contributed by atoms with Crippen molar-refractivity contribution in [2.45, 2.75) is 33.2 Å². The van der Waals surface area contributed by atoms with Gasteiger partial charge >= 0.3 is 0 Å². The fourth-order valence-electron chi connectivity index (χ4n) is 2.31. The normalized spacial score (nSPS) is 12.8. The highest BCUT2D eigenvalue weighted by Crippen LogP contribution is 2.35. The topological polar surface area (TPSA) is 55.1 Å². The zero-order chi connectivity index (χ0) is 14.9. The van der Waals surface area contributed by atoms with Crippen molar-refractivity contribution in [2.24, 2.45) is 5.92 Å². The third kappa shape index (κ3) is 3.33. The van der Waals surface area contributed by atoms with Crippen LogP contribution in [0.5, 0.6) is 0 Å². The fourth-order valence-corrected chi connectivity index (χ4v) is 3.89. The maximum absolute atomic E-state index is 12.3. The van der Waals surface area contributed by atoms with Gasteiger partial charge in [0.1, 0.15) is 4.88 Å². The number of thiophene rings is 1. The smallest absolute Gasteiger partial charge is 0.263 e. The predicted octanol–water partition coefficient (Wildman–Crippen LogP) is 4.41. The number of rotatable bonds is 4. The Bertz CT molecular complexity index is 636. The summed E-state index contributed by atoms with van der Waals surface area (Å²) in [6.45, 7) is 6.32. The minimum absolute atomic E-state index is 0.0760. The molecule has 0 aliphatic heterocycles. The Kier molecular flexibility index (Phi) is 4.70. The van der Waals surface area contributed by atoms with Crippen LogP contribution in [0.4, 0.5) is 5.69 Å². The standard InChI is InChI=1S/C15H19BrN2OS/c1-8(2)6-9(3)18-15(19)14-13(17)11-5-4-10(16)7-12(11)20-14/h4-5,7-9H,6,17H2,1-3H3,(H,18,19). The Labute approximate surface area is 131 Å². The highest BCUT2D eigenvalue weighted by atomic mass is 79.9. The van der Waals surface area contributed by atoms with Crippen molar-refractivity contribution in [1.29, 1.82) is 0 Å². The van der Waals surface area contributed by atoms with Crippen molar-refractivity contribution < 1.29 is 4.79 Å². The van der Waals surface area contributed by atoms with E-state index in [1.54, 1.807) is 0 Å². The Morgan fingerprint density at radius 1 is 1.40 bits per heavy atom. The van der Waals surface area contributed by atoms with Gasteiger partial charge < -0.3 is 11.1 Å². The maximum atomic E-state index is 12.3. The first kappa shape index (κ1) is 15.3. The number of fused-ring (bicyclic) bond motifs is 1. The van der Waals surface area contributed by atoms with Crippen molar-refractivity contribution >= 4 is 48.9 Å². The number of anilines is 1. The minimum Gasteiger partial charge on any atom is -0.397 e. The van der Waals surface area contributed by atoms with Crippen LogP contribution in [0.25, 0.3) is 10.1 Å². The largest absolute Gasteiger partial charge is 0.397 e. The van der Waals surface area contributed by atoms with Crippen LogP contribution in [-0.4, -0.2) is 11.9 Å². The second kappa shape index (κ2) is 6.14. The number of amides is 1. The summed E-state index contributed by atoms with van der Waals surface area (Å²) in [4.78, 5) is 12.9. The zero-order valence-corrected chi connectivity index (χ0v) is 14.3. The molecule has 1 heterocycles. The monoisotopic (exact) mass is 354 g/mol. The molecule has 0 saturated heterocycles. The second-order valence-electron chi connectivity index (χ2n) is 5.49. The van der Waals surface area contributed by atoms with E-state index in [4.69, 9.17) is 5.73 Å². The average molecular weight is 355 g/mol. The lowest BCUT2D eigenvalue weighted by atomic mass is 10.1. The van der Waals surface area contributed by atoms with Gasteiger partial charge in [0.25, 0.3) is 5.91 Å². The van der Waals surface area contributed by atoms with Crippen LogP contribution in [0, 0.1) is 5.92 Å². The summed E-state index contributed by atoms with van der Waals surface area (Å²) in [5.74, 6) is 0.481. The SMILES string of the molecule is CC(C)CC(C)NC(=O)c1sc2cc(Br)ccc2c1N. The molecule has 0 spiro atoms. The first-order valence-corrected chi connectivity index (χ1v) is 8.27.